The molecule has 1 N–H and O–H groups in total. The van der Waals surface area contributed by atoms with E-state index < -0.39 is 0 Å². The second-order valence-electron chi connectivity index (χ2n) is 5.01. The first-order chi connectivity index (χ1) is 10.1. The van der Waals surface area contributed by atoms with Crippen molar-refractivity contribution in [2.24, 2.45) is 0 Å². The molecular formula is C17H18Br2FN. The second-order valence-corrected chi connectivity index (χ2v) is 6.78. The van der Waals surface area contributed by atoms with Crippen LogP contribution < -0.4 is 5.32 Å². The minimum absolute atomic E-state index is 0.183. The zero-order chi connectivity index (χ0) is 15.2. The average molecular weight is 415 g/mol. The Morgan fingerprint density at radius 1 is 1.10 bits per heavy atom. The molecule has 0 aliphatic rings. The molecule has 0 fully saturated rings. The molecule has 2 aromatic carbocycles. The van der Waals surface area contributed by atoms with Gasteiger partial charge in [0, 0.05) is 14.6 Å². The molecule has 0 bridgehead atoms. The van der Waals surface area contributed by atoms with Gasteiger partial charge in [0.15, 0.2) is 0 Å². The fourth-order valence-electron chi connectivity index (χ4n) is 2.22. The van der Waals surface area contributed by atoms with Crippen LogP contribution in [0.5, 0.6) is 0 Å². The molecule has 21 heavy (non-hydrogen) atoms. The Bertz CT molecular complexity index is 584. The molecule has 0 amide bonds. The molecule has 0 aromatic heterocycles. The van der Waals surface area contributed by atoms with Crippen LogP contribution in [0.15, 0.2) is 51.4 Å². The minimum atomic E-state index is -0.196. The van der Waals surface area contributed by atoms with E-state index in [0.717, 1.165) is 39.5 Å². The van der Waals surface area contributed by atoms with Gasteiger partial charge in [-0.05, 0) is 58.2 Å². The number of unbranched alkanes of at least 4 members (excludes halogenated alkanes) is 1. The van der Waals surface area contributed by atoms with Crippen LogP contribution in [-0.2, 0) is 0 Å². The highest BCUT2D eigenvalue weighted by molar-refractivity contribution is 9.11. The lowest BCUT2D eigenvalue weighted by Crippen LogP contribution is -2.11. The molecule has 0 saturated carbocycles. The van der Waals surface area contributed by atoms with E-state index in [4.69, 9.17) is 0 Å². The van der Waals surface area contributed by atoms with Crippen molar-refractivity contribution in [1.82, 2.24) is 0 Å². The van der Waals surface area contributed by atoms with Gasteiger partial charge in [0.2, 0.25) is 0 Å². The minimum Gasteiger partial charge on any atom is -0.377 e. The number of halogens is 3. The molecular weight excluding hydrogens is 397 g/mol. The monoisotopic (exact) mass is 413 g/mol. The van der Waals surface area contributed by atoms with E-state index in [1.54, 1.807) is 0 Å². The summed E-state index contributed by atoms with van der Waals surface area (Å²) >= 11 is 7.03. The van der Waals surface area contributed by atoms with Crippen molar-refractivity contribution in [3.8, 4) is 0 Å². The van der Waals surface area contributed by atoms with Crippen LogP contribution in [0.25, 0.3) is 0 Å². The van der Waals surface area contributed by atoms with Crippen LogP contribution in [-0.4, -0.2) is 0 Å². The van der Waals surface area contributed by atoms with Crippen LogP contribution in [0.4, 0.5) is 10.1 Å². The summed E-state index contributed by atoms with van der Waals surface area (Å²) in [5.41, 5.74) is 2.16. The Balaban J connectivity index is 2.21. The van der Waals surface area contributed by atoms with Crippen molar-refractivity contribution >= 4 is 37.5 Å². The lowest BCUT2D eigenvalue weighted by atomic mass is 10.0. The van der Waals surface area contributed by atoms with E-state index in [1.807, 2.05) is 30.3 Å². The first-order valence-electron chi connectivity index (χ1n) is 7.07. The van der Waals surface area contributed by atoms with E-state index in [2.05, 4.69) is 44.1 Å². The van der Waals surface area contributed by atoms with Gasteiger partial charge in [-0.25, -0.2) is 4.39 Å². The molecule has 112 valence electrons. The molecule has 2 aromatic rings. The smallest absolute Gasteiger partial charge is 0.123 e. The lowest BCUT2D eigenvalue weighted by Gasteiger charge is -2.21. The number of rotatable bonds is 6. The molecule has 0 spiro atoms. The van der Waals surface area contributed by atoms with E-state index in [0.29, 0.717) is 0 Å². The topological polar surface area (TPSA) is 12.0 Å². The Hall–Kier alpha value is -0.870. The standard InChI is InChI=1S/C17H18Br2FN/c1-2-3-4-16(12-5-8-14(20)9-6-12)21-17-10-7-13(18)11-15(17)19/h5-11,16,21H,2-4H2,1H3. The highest BCUT2D eigenvalue weighted by Crippen LogP contribution is 2.31. The van der Waals surface area contributed by atoms with Crippen LogP contribution in [0.3, 0.4) is 0 Å². The lowest BCUT2D eigenvalue weighted by molar-refractivity contribution is 0.616. The molecule has 4 heteroatoms. The first kappa shape index (κ1) is 16.5. The summed E-state index contributed by atoms with van der Waals surface area (Å²) in [7, 11) is 0. The number of nitrogens with one attached hydrogen (secondary N) is 1. The van der Waals surface area contributed by atoms with E-state index in [1.165, 1.54) is 12.1 Å². The highest BCUT2D eigenvalue weighted by atomic mass is 79.9. The maximum Gasteiger partial charge on any atom is 0.123 e. The number of benzene rings is 2. The molecule has 0 heterocycles. The van der Waals surface area contributed by atoms with Crippen LogP contribution in [0.1, 0.15) is 37.8 Å². The molecule has 2 rings (SSSR count). The first-order valence-corrected chi connectivity index (χ1v) is 8.66. The van der Waals surface area contributed by atoms with Crippen LogP contribution >= 0.6 is 31.9 Å². The molecule has 0 aliphatic carbocycles. The van der Waals surface area contributed by atoms with Gasteiger partial charge in [-0.3, -0.25) is 0 Å². The Morgan fingerprint density at radius 3 is 2.43 bits per heavy atom. The molecule has 0 radical (unpaired) electrons. The molecule has 1 nitrogen and oxygen atoms in total. The van der Waals surface area contributed by atoms with Gasteiger partial charge in [-0.1, -0.05) is 47.8 Å². The summed E-state index contributed by atoms with van der Waals surface area (Å²) in [6.07, 6.45) is 3.29. The highest BCUT2D eigenvalue weighted by Gasteiger charge is 2.12. The zero-order valence-electron chi connectivity index (χ0n) is 11.9. The van der Waals surface area contributed by atoms with Gasteiger partial charge >= 0.3 is 0 Å². The largest absolute Gasteiger partial charge is 0.377 e. The van der Waals surface area contributed by atoms with Gasteiger partial charge in [-0.2, -0.15) is 0 Å². The average Bonchev–Trinajstić information content (AvgIpc) is 2.46. The van der Waals surface area contributed by atoms with Gasteiger partial charge < -0.3 is 5.32 Å². The van der Waals surface area contributed by atoms with Crippen molar-refractivity contribution in [1.29, 1.82) is 0 Å². The van der Waals surface area contributed by atoms with Gasteiger partial charge in [0.25, 0.3) is 0 Å². The Labute approximate surface area is 142 Å². The second kappa shape index (κ2) is 7.95. The molecule has 0 aliphatic heterocycles. The summed E-state index contributed by atoms with van der Waals surface area (Å²) in [5.74, 6) is -0.196. The van der Waals surface area contributed by atoms with Crippen molar-refractivity contribution in [2.75, 3.05) is 5.32 Å². The van der Waals surface area contributed by atoms with Gasteiger partial charge in [0.05, 0.1) is 6.04 Å². The Kier molecular flexibility index (Phi) is 6.24. The molecule has 1 unspecified atom stereocenters. The van der Waals surface area contributed by atoms with Gasteiger partial charge in [0.1, 0.15) is 5.82 Å². The summed E-state index contributed by atoms with van der Waals surface area (Å²) in [4.78, 5) is 0. The number of hydrogen-bond acceptors (Lipinski definition) is 1. The van der Waals surface area contributed by atoms with E-state index in [9.17, 15) is 4.39 Å². The Morgan fingerprint density at radius 2 is 1.81 bits per heavy atom. The SMILES string of the molecule is CCCCC(Nc1ccc(Br)cc1Br)c1ccc(F)cc1. The summed E-state index contributed by atoms with van der Waals surface area (Å²) in [6, 6.07) is 13.0. The van der Waals surface area contributed by atoms with E-state index >= 15 is 0 Å². The zero-order valence-corrected chi connectivity index (χ0v) is 15.0. The summed E-state index contributed by atoms with van der Waals surface area (Å²) in [6.45, 7) is 2.18. The molecule has 1 atom stereocenters. The summed E-state index contributed by atoms with van der Waals surface area (Å²) in [5, 5.41) is 3.55. The fraction of sp³-hybridized carbons (Fsp3) is 0.294. The number of anilines is 1. The maximum atomic E-state index is 13.1. The van der Waals surface area contributed by atoms with Crippen molar-refractivity contribution < 1.29 is 4.39 Å². The van der Waals surface area contributed by atoms with Crippen molar-refractivity contribution in [3.05, 3.63) is 62.8 Å². The third kappa shape index (κ3) is 4.82. The van der Waals surface area contributed by atoms with Crippen LogP contribution in [0.2, 0.25) is 0 Å². The summed E-state index contributed by atoms with van der Waals surface area (Å²) < 4.78 is 15.2. The predicted molar refractivity (Wildman–Crippen MR) is 94.1 cm³/mol. The van der Waals surface area contributed by atoms with Crippen molar-refractivity contribution in [2.45, 2.75) is 32.2 Å². The third-order valence-electron chi connectivity index (χ3n) is 3.38. The van der Waals surface area contributed by atoms with Gasteiger partial charge in [-0.15, -0.1) is 0 Å². The van der Waals surface area contributed by atoms with Crippen molar-refractivity contribution in [3.63, 3.8) is 0 Å². The quantitative estimate of drug-likeness (QED) is 0.554. The predicted octanol–water partition coefficient (Wildman–Crippen LogP) is 6.69. The van der Waals surface area contributed by atoms with Crippen LogP contribution in [0, 0.1) is 5.82 Å². The molecule has 0 saturated heterocycles. The maximum absolute atomic E-state index is 13.1. The fourth-order valence-corrected chi connectivity index (χ4v) is 3.38. The number of hydrogen-bond donors (Lipinski definition) is 1. The van der Waals surface area contributed by atoms with E-state index in [-0.39, 0.29) is 11.9 Å². The third-order valence-corrected chi connectivity index (χ3v) is 4.53. The normalized spacial score (nSPS) is 12.2.